The van der Waals surface area contributed by atoms with Crippen molar-refractivity contribution in [3.8, 4) is 5.75 Å². The van der Waals surface area contributed by atoms with Crippen LogP contribution in [0.2, 0.25) is 5.02 Å². The van der Waals surface area contributed by atoms with E-state index in [2.05, 4.69) is 15.5 Å². The number of anilines is 1. The van der Waals surface area contributed by atoms with Gasteiger partial charge >= 0.3 is 6.18 Å². The zero-order valence-corrected chi connectivity index (χ0v) is 13.5. The number of hydrogen-bond acceptors (Lipinski definition) is 5. The fraction of sp³-hybridized carbons (Fsp3) is 0.308. The first-order valence-electron chi connectivity index (χ1n) is 6.25. The molecule has 0 saturated carbocycles. The molecule has 0 aliphatic carbocycles. The molecule has 0 fully saturated rings. The van der Waals surface area contributed by atoms with E-state index in [-0.39, 0.29) is 16.5 Å². The summed E-state index contributed by atoms with van der Waals surface area (Å²) in [6, 6.07) is 6.32. The van der Waals surface area contributed by atoms with Crippen molar-refractivity contribution in [2.45, 2.75) is 25.6 Å². The summed E-state index contributed by atoms with van der Waals surface area (Å²) in [4.78, 5) is 12.2. The third kappa shape index (κ3) is 4.55. The molecule has 1 aromatic heterocycles. The number of ether oxygens (including phenoxy) is 1. The molecular formula is C13H11ClF3N3O2S. The van der Waals surface area contributed by atoms with Gasteiger partial charge in [0, 0.05) is 5.02 Å². The second kappa shape index (κ2) is 6.32. The Hall–Kier alpha value is -1.87. The van der Waals surface area contributed by atoms with Gasteiger partial charge in [0.2, 0.25) is 10.1 Å². The van der Waals surface area contributed by atoms with Gasteiger partial charge in [0.15, 0.2) is 5.60 Å². The topological polar surface area (TPSA) is 64.1 Å². The summed E-state index contributed by atoms with van der Waals surface area (Å²) in [5.41, 5.74) is -1.34. The molecule has 124 valence electrons. The first kappa shape index (κ1) is 17.5. The molecule has 5 nitrogen and oxygen atoms in total. The van der Waals surface area contributed by atoms with Gasteiger partial charge < -0.3 is 4.74 Å². The minimum absolute atomic E-state index is 0.240. The highest BCUT2D eigenvalue weighted by atomic mass is 35.5. The normalized spacial score (nSPS) is 12.1. The van der Waals surface area contributed by atoms with Gasteiger partial charge in [-0.1, -0.05) is 22.9 Å². The highest BCUT2D eigenvalue weighted by Gasteiger charge is 2.37. The summed E-state index contributed by atoms with van der Waals surface area (Å²) in [5, 5.41) is 7.67. The van der Waals surface area contributed by atoms with E-state index in [1.807, 2.05) is 0 Å². The van der Waals surface area contributed by atoms with E-state index in [0.717, 1.165) is 0 Å². The Kier molecular flexibility index (Phi) is 4.81. The maximum absolute atomic E-state index is 12.5. The average Bonchev–Trinajstić information content (AvgIpc) is 2.89. The molecule has 0 bridgehead atoms. The predicted octanol–water partition coefficient (Wildman–Crippen LogP) is 4.01. The fourth-order valence-electron chi connectivity index (χ4n) is 1.48. The number of amides is 1. The quantitative estimate of drug-likeness (QED) is 0.889. The van der Waals surface area contributed by atoms with Crippen molar-refractivity contribution in [1.82, 2.24) is 10.2 Å². The number of carbonyl (C=O) groups excluding carboxylic acids is 1. The molecule has 2 rings (SSSR count). The van der Waals surface area contributed by atoms with Crippen LogP contribution in [-0.2, 0) is 11.0 Å². The Morgan fingerprint density at radius 1 is 1.22 bits per heavy atom. The number of nitrogens with zero attached hydrogens (tertiary/aromatic N) is 2. The Labute approximate surface area is 138 Å². The zero-order chi connectivity index (χ0) is 17.3. The van der Waals surface area contributed by atoms with E-state index in [4.69, 9.17) is 16.3 Å². The molecule has 1 heterocycles. The van der Waals surface area contributed by atoms with Crippen LogP contribution < -0.4 is 10.1 Å². The van der Waals surface area contributed by atoms with E-state index >= 15 is 0 Å². The lowest BCUT2D eigenvalue weighted by Crippen LogP contribution is -2.42. The Morgan fingerprint density at radius 2 is 1.83 bits per heavy atom. The van der Waals surface area contributed by atoms with Gasteiger partial charge in [0.1, 0.15) is 5.75 Å². The van der Waals surface area contributed by atoms with Gasteiger partial charge in [-0.2, -0.15) is 13.2 Å². The molecule has 0 unspecified atom stereocenters. The van der Waals surface area contributed by atoms with Gasteiger partial charge in [0.25, 0.3) is 5.91 Å². The third-order valence-electron chi connectivity index (χ3n) is 2.62. The third-order valence-corrected chi connectivity index (χ3v) is 3.76. The van der Waals surface area contributed by atoms with Crippen LogP contribution >= 0.6 is 22.9 Å². The maximum Gasteiger partial charge on any atom is 0.445 e. The summed E-state index contributed by atoms with van der Waals surface area (Å²) >= 11 is 5.99. The Morgan fingerprint density at radius 3 is 2.35 bits per heavy atom. The van der Waals surface area contributed by atoms with Gasteiger partial charge in [-0.3, -0.25) is 10.1 Å². The number of nitrogens with one attached hydrogen (secondary N) is 1. The van der Waals surface area contributed by atoms with Crippen LogP contribution in [0.1, 0.15) is 18.9 Å². The molecule has 1 N–H and O–H groups in total. The minimum Gasteiger partial charge on any atom is -0.478 e. The van der Waals surface area contributed by atoms with Gasteiger partial charge in [-0.25, -0.2) is 0 Å². The van der Waals surface area contributed by atoms with Gasteiger partial charge in [-0.05, 0) is 38.1 Å². The van der Waals surface area contributed by atoms with Crippen molar-refractivity contribution in [2.75, 3.05) is 5.32 Å². The van der Waals surface area contributed by atoms with Crippen LogP contribution in [0.25, 0.3) is 0 Å². The smallest absolute Gasteiger partial charge is 0.445 e. The highest BCUT2D eigenvalue weighted by molar-refractivity contribution is 7.15. The minimum atomic E-state index is -4.60. The van der Waals surface area contributed by atoms with E-state index in [1.165, 1.54) is 13.8 Å². The van der Waals surface area contributed by atoms with Crippen LogP contribution in [0.3, 0.4) is 0 Å². The van der Waals surface area contributed by atoms with E-state index in [1.54, 1.807) is 24.3 Å². The molecule has 0 spiro atoms. The lowest BCUT2D eigenvalue weighted by Gasteiger charge is -2.24. The Bertz CT molecular complexity index is 701. The molecule has 0 atom stereocenters. The second-order valence-electron chi connectivity index (χ2n) is 4.93. The molecule has 0 saturated heterocycles. The van der Waals surface area contributed by atoms with Crippen molar-refractivity contribution in [3.63, 3.8) is 0 Å². The van der Waals surface area contributed by atoms with E-state index < -0.39 is 22.7 Å². The van der Waals surface area contributed by atoms with Crippen LogP contribution in [-0.4, -0.2) is 21.7 Å². The largest absolute Gasteiger partial charge is 0.478 e. The molecule has 0 radical (unpaired) electrons. The molecule has 0 aliphatic rings. The number of alkyl halides is 3. The molecular weight excluding hydrogens is 355 g/mol. The number of aromatic nitrogens is 2. The molecule has 1 aromatic carbocycles. The van der Waals surface area contributed by atoms with Crippen LogP contribution in [0.5, 0.6) is 5.75 Å². The molecule has 1 amide bonds. The second-order valence-corrected chi connectivity index (χ2v) is 6.34. The standard InChI is InChI=1S/C13H11ClF3N3O2S/c1-12(2,22-8-5-3-7(14)4-6-8)9(21)18-11-20-19-10(23-11)13(15,16)17/h3-6H,1-2H3,(H,18,20,21). The molecule has 2 aromatic rings. The van der Waals surface area contributed by atoms with E-state index in [0.29, 0.717) is 10.8 Å². The van der Waals surface area contributed by atoms with Crippen molar-refractivity contribution in [1.29, 1.82) is 0 Å². The fourth-order valence-corrected chi connectivity index (χ4v) is 2.21. The molecule has 10 heteroatoms. The number of hydrogen-bond donors (Lipinski definition) is 1. The molecule has 23 heavy (non-hydrogen) atoms. The van der Waals surface area contributed by atoms with Crippen molar-refractivity contribution < 1.29 is 22.7 Å². The zero-order valence-electron chi connectivity index (χ0n) is 11.9. The number of rotatable bonds is 4. The maximum atomic E-state index is 12.5. The van der Waals surface area contributed by atoms with Crippen molar-refractivity contribution >= 4 is 34.0 Å². The monoisotopic (exact) mass is 365 g/mol. The summed E-state index contributed by atoms with van der Waals surface area (Å²) in [6.45, 7) is 2.95. The lowest BCUT2D eigenvalue weighted by atomic mass is 10.1. The summed E-state index contributed by atoms with van der Waals surface area (Å²) in [6.07, 6.45) is -4.60. The average molecular weight is 366 g/mol. The lowest BCUT2D eigenvalue weighted by molar-refractivity contribution is -0.138. The first-order chi connectivity index (χ1) is 10.6. The van der Waals surface area contributed by atoms with Crippen LogP contribution in [0.15, 0.2) is 24.3 Å². The summed E-state index contributed by atoms with van der Waals surface area (Å²) in [7, 11) is 0. The van der Waals surface area contributed by atoms with E-state index in [9.17, 15) is 18.0 Å². The number of halogens is 4. The van der Waals surface area contributed by atoms with Crippen molar-refractivity contribution in [3.05, 3.63) is 34.3 Å². The summed E-state index contributed by atoms with van der Waals surface area (Å²) < 4.78 is 42.9. The highest BCUT2D eigenvalue weighted by Crippen LogP contribution is 2.33. The summed E-state index contributed by atoms with van der Waals surface area (Å²) in [5.74, 6) is -0.264. The van der Waals surface area contributed by atoms with Crippen LogP contribution in [0, 0.1) is 0 Å². The van der Waals surface area contributed by atoms with Crippen molar-refractivity contribution in [2.24, 2.45) is 0 Å². The van der Waals surface area contributed by atoms with Crippen LogP contribution in [0.4, 0.5) is 18.3 Å². The first-order valence-corrected chi connectivity index (χ1v) is 7.44. The number of benzene rings is 1. The predicted molar refractivity (Wildman–Crippen MR) is 79.7 cm³/mol. The SMILES string of the molecule is CC(C)(Oc1ccc(Cl)cc1)C(=O)Nc1nnc(C(F)(F)F)s1. The Balaban J connectivity index is 2.06. The van der Waals surface area contributed by atoms with Gasteiger partial charge in [-0.15, -0.1) is 10.2 Å². The number of carbonyl (C=O) groups is 1. The van der Waals surface area contributed by atoms with Gasteiger partial charge in [0.05, 0.1) is 0 Å². The molecule has 0 aliphatic heterocycles.